The number of carbonyl (C=O) groups excluding carboxylic acids is 3. The highest BCUT2D eigenvalue weighted by Crippen LogP contribution is 2.30. The summed E-state index contributed by atoms with van der Waals surface area (Å²) in [5, 5.41) is 7.96. The molecule has 8 rings (SSSR count). The number of aromatic amines is 1. The number of nitrogen functional groups attached to an aromatic ring is 1. The molecule has 0 atom stereocenters. The highest BCUT2D eigenvalue weighted by Gasteiger charge is 2.31. The molecule has 0 aliphatic carbocycles. The number of halogens is 2. The van der Waals surface area contributed by atoms with Crippen LogP contribution in [0.1, 0.15) is 57.3 Å². The molecule has 3 N–H and O–H groups in total. The van der Waals surface area contributed by atoms with E-state index in [1.54, 1.807) is 45.0 Å². The zero-order valence-electron chi connectivity index (χ0n) is 34.5. The zero-order valence-corrected chi connectivity index (χ0v) is 34.5. The summed E-state index contributed by atoms with van der Waals surface area (Å²) in [6, 6.07) is 22.6. The summed E-state index contributed by atoms with van der Waals surface area (Å²) in [5.41, 5.74) is 10.1. The van der Waals surface area contributed by atoms with E-state index in [1.165, 1.54) is 12.1 Å². The smallest absolute Gasteiger partial charge is 0.272 e. The van der Waals surface area contributed by atoms with Gasteiger partial charge in [0.25, 0.3) is 17.4 Å². The molecule has 0 unspecified atom stereocenters. The van der Waals surface area contributed by atoms with Gasteiger partial charge in [0.2, 0.25) is 5.91 Å². The van der Waals surface area contributed by atoms with E-state index in [2.05, 4.69) is 26.9 Å². The molecule has 1 aromatic heterocycles. The van der Waals surface area contributed by atoms with Gasteiger partial charge in [-0.15, -0.1) is 0 Å². The van der Waals surface area contributed by atoms with Crippen LogP contribution >= 0.6 is 0 Å². The third-order valence-electron chi connectivity index (χ3n) is 12.6. The molecule has 0 bridgehead atoms. The lowest BCUT2D eigenvalue weighted by Gasteiger charge is -2.40. The van der Waals surface area contributed by atoms with Crippen LogP contribution in [0.3, 0.4) is 0 Å². The Kier molecular flexibility index (Phi) is 12.5. The molecule has 0 saturated carbocycles. The largest absolute Gasteiger partial charge is 0.398 e. The number of rotatable bonds is 10. The SMILES string of the molecule is CCc1cccc(-c2cc(N)c(C(=O)N3CCC(CN4CCN(CC(=O)N5CCN(C(=O)c6cc(Cc7n[nH]c(=O)c8ccccc78)ccc6F)CC5)CC4)CC3)c(F)c2)c1. The Bertz CT molecular complexity index is 2460. The van der Waals surface area contributed by atoms with Crippen molar-refractivity contribution >= 4 is 34.2 Å². The van der Waals surface area contributed by atoms with Crippen molar-refractivity contribution in [1.82, 2.24) is 34.7 Å². The number of aromatic nitrogens is 2. The number of hydrogen-bond donors (Lipinski definition) is 2. The first kappa shape index (κ1) is 41.7. The van der Waals surface area contributed by atoms with Crippen molar-refractivity contribution in [3.8, 4) is 11.1 Å². The fraction of sp³-hybridized carbons (Fsp3) is 0.383. The van der Waals surface area contributed by atoms with Crippen LogP contribution in [0.2, 0.25) is 0 Å². The zero-order chi connectivity index (χ0) is 42.6. The quantitative estimate of drug-likeness (QED) is 0.187. The topological polar surface area (TPSA) is 139 Å². The molecule has 61 heavy (non-hydrogen) atoms. The first-order valence-corrected chi connectivity index (χ1v) is 21.3. The predicted molar refractivity (Wildman–Crippen MR) is 231 cm³/mol. The summed E-state index contributed by atoms with van der Waals surface area (Å²) in [6.45, 7) is 8.93. The maximum absolute atomic E-state index is 15.4. The number of nitrogens with one attached hydrogen (secondary N) is 1. The van der Waals surface area contributed by atoms with Gasteiger partial charge in [0.05, 0.1) is 28.8 Å². The Morgan fingerprint density at radius 3 is 2.11 bits per heavy atom. The van der Waals surface area contributed by atoms with E-state index in [4.69, 9.17) is 5.73 Å². The van der Waals surface area contributed by atoms with Crippen molar-refractivity contribution < 1.29 is 23.2 Å². The van der Waals surface area contributed by atoms with Gasteiger partial charge in [-0.3, -0.25) is 24.1 Å². The van der Waals surface area contributed by atoms with Crippen LogP contribution in [0.25, 0.3) is 21.9 Å². The molecule has 3 aliphatic heterocycles. The molecule has 3 fully saturated rings. The number of fused-ring (bicyclic) bond motifs is 1. The lowest BCUT2D eigenvalue weighted by Crippen LogP contribution is -2.55. The maximum Gasteiger partial charge on any atom is 0.272 e. The molecule has 3 aliphatic rings. The Labute approximate surface area is 353 Å². The first-order valence-electron chi connectivity index (χ1n) is 21.3. The number of piperazine rings is 2. The molecular weight excluding hydrogens is 779 g/mol. The third kappa shape index (κ3) is 9.35. The Balaban J connectivity index is 0.764. The van der Waals surface area contributed by atoms with Gasteiger partial charge in [-0.25, -0.2) is 13.9 Å². The summed E-state index contributed by atoms with van der Waals surface area (Å²) in [4.78, 5) is 62.2. The maximum atomic E-state index is 15.4. The number of piperidine rings is 1. The Morgan fingerprint density at radius 2 is 1.39 bits per heavy atom. The predicted octanol–water partition coefficient (Wildman–Crippen LogP) is 5.06. The van der Waals surface area contributed by atoms with E-state index in [9.17, 15) is 19.2 Å². The number of hydrogen-bond acceptors (Lipinski definition) is 8. The number of aryl methyl sites for hydroxylation is 1. The number of amides is 3. The third-order valence-corrected chi connectivity index (χ3v) is 12.6. The molecule has 4 heterocycles. The van der Waals surface area contributed by atoms with Gasteiger partial charge in [-0.1, -0.05) is 55.5 Å². The monoisotopic (exact) mass is 830 g/mol. The highest BCUT2D eigenvalue weighted by atomic mass is 19.1. The second-order valence-electron chi connectivity index (χ2n) is 16.5. The summed E-state index contributed by atoms with van der Waals surface area (Å²) in [5.74, 6) is -1.56. The number of H-pyrrole nitrogens is 1. The van der Waals surface area contributed by atoms with E-state index in [-0.39, 0.29) is 34.2 Å². The number of likely N-dealkylation sites (tertiary alicyclic amines) is 1. The van der Waals surface area contributed by atoms with Crippen LogP contribution in [-0.2, 0) is 17.6 Å². The molecule has 3 amide bonds. The molecule has 0 radical (unpaired) electrons. The summed E-state index contributed by atoms with van der Waals surface area (Å²) >= 11 is 0. The Morgan fingerprint density at radius 1 is 0.705 bits per heavy atom. The minimum absolute atomic E-state index is 0.0174. The van der Waals surface area contributed by atoms with Crippen LogP contribution in [0.4, 0.5) is 14.5 Å². The number of anilines is 1. The standard InChI is InChI=1S/C47H52F2N8O4/c1-2-31-6-5-7-34(24-31)35-27-40(49)44(41(50)28-35)47(61)56-14-12-32(13-15-56)29-53-16-18-54(19-17-53)30-43(58)55-20-22-57(23-21-55)46(60)38-25-33(10-11-39(38)48)26-42-36-8-3-4-9-37(36)45(59)52-51-42/h3-11,24-25,27-28,32H,2,12-23,26,29-30,50H2,1H3,(H,52,59). The molecule has 5 aromatic rings. The van der Waals surface area contributed by atoms with Gasteiger partial charge in [0, 0.05) is 89.5 Å². The van der Waals surface area contributed by atoms with Crippen molar-refractivity contribution in [2.45, 2.75) is 32.6 Å². The van der Waals surface area contributed by atoms with Gasteiger partial charge in [-0.2, -0.15) is 5.10 Å². The van der Waals surface area contributed by atoms with E-state index < -0.39 is 17.5 Å². The van der Waals surface area contributed by atoms with Crippen LogP contribution < -0.4 is 11.3 Å². The summed E-state index contributed by atoms with van der Waals surface area (Å²) in [6.07, 6.45) is 2.83. The molecule has 3 saturated heterocycles. The lowest BCUT2D eigenvalue weighted by atomic mass is 9.94. The number of nitrogens with two attached hydrogens (primary N) is 1. The van der Waals surface area contributed by atoms with Crippen LogP contribution in [0, 0.1) is 17.6 Å². The van der Waals surface area contributed by atoms with E-state index in [0.29, 0.717) is 85.7 Å². The second kappa shape index (κ2) is 18.3. The lowest BCUT2D eigenvalue weighted by molar-refractivity contribution is -0.134. The van der Waals surface area contributed by atoms with Gasteiger partial charge in [0.15, 0.2) is 0 Å². The number of nitrogens with zero attached hydrogens (tertiary/aromatic N) is 6. The minimum Gasteiger partial charge on any atom is -0.398 e. The van der Waals surface area contributed by atoms with Crippen molar-refractivity contribution in [1.29, 1.82) is 0 Å². The molecule has 14 heteroatoms. The Hall–Kier alpha value is -5.99. The normalized spacial score (nSPS) is 16.9. The molecule has 0 spiro atoms. The van der Waals surface area contributed by atoms with Crippen LogP contribution in [0.15, 0.2) is 83.7 Å². The minimum atomic E-state index is -0.611. The van der Waals surface area contributed by atoms with E-state index in [0.717, 1.165) is 63.1 Å². The van der Waals surface area contributed by atoms with Crippen molar-refractivity contribution in [3.05, 3.63) is 129 Å². The van der Waals surface area contributed by atoms with Gasteiger partial charge in [0.1, 0.15) is 11.6 Å². The van der Waals surface area contributed by atoms with Gasteiger partial charge >= 0.3 is 0 Å². The van der Waals surface area contributed by atoms with Crippen LogP contribution in [0.5, 0.6) is 0 Å². The fourth-order valence-corrected chi connectivity index (χ4v) is 8.93. The summed E-state index contributed by atoms with van der Waals surface area (Å²) in [7, 11) is 0. The fourth-order valence-electron chi connectivity index (χ4n) is 8.93. The molecular formula is C47H52F2N8O4. The second-order valence-corrected chi connectivity index (χ2v) is 16.5. The first-order chi connectivity index (χ1) is 29.5. The van der Waals surface area contributed by atoms with Gasteiger partial charge in [-0.05, 0) is 77.8 Å². The number of carbonyl (C=O) groups is 3. The van der Waals surface area contributed by atoms with Crippen molar-refractivity contribution in [2.24, 2.45) is 5.92 Å². The van der Waals surface area contributed by atoms with Crippen molar-refractivity contribution in [2.75, 3.05) is 84.3 Å². The molecule has 12 nitrogen and oxygen atoms in total. The summed E-state index contributed by atoms with van der Waals surface area (Å²) < 4.78 is 30.4. The van der Waals surface area contributed by atoms with E-state index in [1.807, 2.05) is 36.4 Å². The highest BCUT2D eigenvalue weighted by molar-refractivity contribution is 6.00. The van der Waals surface area contributed by atoms with Gasteiger partial charge < -0.3 is 25.3 Å². The van der Waals surface area contributed by atoms with Crippen molar-refractivity contribution in [3.63, 3.8) is 0 Å². The molecule has 318 valence electrons. The number of benzene rings is 4. The van der Waals surface area contributed by atoms with Crippen LogP contribution in [-0.4, -0.2) is 131 Å². The van der Waals surface area contributed by atoms with E-state index >= 15 is 8.78 Å². The average Bonchev–Trinajstić information content (AvgIpc) is 3.28. The molecule has 4 aromatic carbocycles. The average molecular weight is 831 g/mol.